The van der Waals surface area contributed by atoms with Crippen LogP contribution in [0.4, 0.5) is 0 Å². The van der Waals surface area contributed by atoms with Crippen LogP contribution in [0.1, 0.15) is 0 Å². The third-order valence-electron chi connectivity index (χ3n) is 6.38. The summed E-state index contributed by atoms with van der Waals surface area (Å²) in [7, 11) is 0. The second-order valence-electron chi connectivity index (χ2n) is 9.01. The van der Waals surface area contributed by atoms with Gasteiger partial charge >= 0.3 is 0 Å². The Morgan fingerprint density at radius 2 is 0.368 bits per heavy atom. The highest BCUT2D eigenvalue weighted by molar-refractivity contribution is 5.98. The second kappa shape index (κ2) is 12.9. The molecule has 0 saturated carbocycles. The Hall–Kier alpha value is -4.94. The molecule has 7 aromatic carbocycles. The fourth-order valence-corrected chi connectivity index (χ4v) is 4.41. The molecule has 0 heteroatoms. The zero-order valence-electron chi connectivity index (χ0n) is 21.3. The lowest BCUT2D eigenvalue weighted by molar-refractivity contribution is 1.62. The third kappa shape index (κ3) is 6.63. The third-order valence-corrected chi connectivity index (χ3v) is 6.38. The SMILES string of the molecule is c1ccc(-c2ccccc2)cc1.c1ccc(-c2ccccc2)cc1.c1ccc2cc3ccccc3cc2c1. The maximum atomic E-state index is 2.24. The van der Waals surface area contributed by atoms with Gasteiger partial charge in [-0.15, -0.1) is 0 Å². The van der Waals surface area contributed by atoms with Crippen molar-refractivity contribution in [1.82, 2.24) is 0 Å². The van der Waals surface area contributed by atoms with Crippen LogP contribution in [0.15, 0.2) is 182 Å². The van der Waals surface area contributed by atoms with E-state index in [0.29, 0.717) is 0 Å². The molecule has 0 aliphatic carbocycles. The molecule has 0 aromatic heterocycles. The number of hydrogen-bond donors (Lipinski definition) is 0. The molecule has 0 spiro atoms. The molecule has 38 heavy (non-hydrogen) atoms. The van der Waals surface area contributed by atoms with E-state index in [1.54, 1.807) is 0 Å². The Balaban J connectivity index is 0.000000117. The number of rotatable bonds is 2. The van der Waals surface area contributed by atoms with E-state index in [1.165, 1.54) is 43.8 Å². The van der Waals surface area contributed by atoms with Crippen molar-refractivity contribution in [2.75, 3.05) is 0 Å². The second-order valence-corrected chi connectivity index (χ2v) is 9.01. The smallest absolute Gasteiger partial charge is 0.0178 e. The molecule has 0 aliphatic heterocycles. The Kier molecular flexibility index (Phi) is 8.37. The van der Waals surface area contributed by atoms with Gasteiger partial charge in [0.05, 0.1) is 0 Å². The molecule has 0 unspecified atom stereocenters. The van der Waals surface area contributed by atoms with Crippen LogP contribution in [0.5, 0.6) is 0 Å². The summed E-state index contributed by atoms with van der Waals surface area (Å²) in [6, 6.07) is 63.0. The fourth-order valence-electron chi connectivity index (χ4n) is 4.41. The lowest BCUT2D eigenvalue weighted by Crippen LogP contribution is -1.74. The summed E-state index contributed by atoms with van der Waals surface area (Å²) in [5.74, 6) is 0. The molecule has 0 bridgehead atoms. The van der Waals surface area contributed by atoms with Crippen LogP contribution in [-0.2, 0) is 0 Å². The van der Waals surface area contributed by atoms with Crippen LogP contribution >= 0.6 is 0 Å². The molecule has 0 nitrogen and oxygen atoms in total. The molecule has 0 saturated heterocycles. The first kappa shape index (κ1) is 24.7. The van der Waals surface area contributed by atoms with Gasteiger partial charge in [-0.05, 0) is 55.9 Å². The van der Waals surface area contributed by atoms with Crippen molar-refractivity contribution in [3.63, 3.8) is 0 Å². The lowest BCUT2D eigenvalue weighted by Gasteiger charge is -2.00. The summed E-state index contributed by atoms with van der Waals surface area (Å²) in [5, 5.41) is 5.25. The predicted molar refractivity (Wildman–Crippen MR) is 165 cm³/mol. The van der Waals surface area contributed by atoms with Crippen LogP contribution in [0.25, 0.3) is 43.8 Å². The zero-order chi connectivity index (χ0) is 25.8. The van der Waals surface area contributed by atoms with Crippen molar-refractivity contribution in [3.8, 4) is 22.3 Å². The molecule has 0 fully saturated rings. The Labute approximate surface area is 225 Å². The molecule has 182 valence electrons. The minimum Gasteiger partial charge on any atom is -0.0622 e. The van der Waals surface area contributed by atoms with Crippen molar-refractivity contribution >= 4 is 21.5 Å². The zero-order valence-corrected chi connectivity index (χ0v) is 21.3. The maximum absolute atomic E-state index is 2.24. The maximum Gasteiger partial charge on any atom is -0.0178 e. The highest BCUT2D eigenvalue weighted by Gasteiger charge is 1.95. The Morgan fingerprint density at radius 1 is 0.184 bits per heavy atom. The lowest BCUT2D eigenvalue weighted by atomic mass is 10.0. The number of fused-ring (bicyclic) bond motifs is 2. The fraction of sp³-hybridized carbons (Fsp3) is 0. The molecule has 7 aromatic rings. The van der Waals surface area contributed by atoms with Gasteiger partial charge in [-0.2, -0.15) is 0 Å². The van der Waals surface area contributed by atoms with Gasteiger partial charge in [0.2, 0.25) is 0 Å². The van der Waals surface area contributed by atoms with E-state index < -0.39 is 0 Å². The summed E-state index contributed by atoms with van der Waals surface area (Å²) >= 11 is 0. The summed E-state index contributed by atoms with van der Waals surface area (Å²) in [5.41, 5.74) is 5.10. The Morgan fingerprint density at radius 3 is 0.579 bits per heavy atom. The van der Waals surface area contributed by atoms with Crippen LogP contribution < -0.4 is 0 Å². The average molecular weight is 487 g/mol. The van der Waals surface area contributed by atoms with E-state index >= 15 is 0 Å². The van der Waals surface area contributed by atoms with Gasteiger partial charge in [0.1, 0.15) is 0 Å². The highest BCUT2D eigenvalue weighted by Crippen LogP contribution is 2.22. The van der Waals surface area contributed by atoms with Crippen molar-refractivity contribution in [2.24, 2.45) is 0 Å². The summed E-state index contributed by atoms with van der Waals surface area (Å²) in [6.07, 6.45) is 0. The summed E-state index contributed by atoms with van der Waals surface area (Å²) < 4.78 is 0. The molecular weight excluding hydrogens is 456 g/mol. The van der Waals surface area contributed by atoms with Gasteiger partial charge in [-0.1, -0.05) is 170 Å². The average Bonchev–Trinajstić information content (AvgIpc) is 3.02. The molecule has 0 amide bonds. The van der Waals surface area contributed by atoms with E-state index in [1.807, 2.05) is 24.3 Å². The number of hydrogen-bond acceptors (Lipinski definition) is 0. The minimum atomic E-state index is 1.28. The van der Waals surface area contributed by atoms with Gasteiger partial charge in [0.15, 0.2) is 0 Å². The quantitative estimate of drug-likeness (QED) is 0.213. The van der Waals surface area contributed by atoms with E-state index in [0.717, 1.165) is 0 Å². The normalized spacial score (nSPS) is 10.1. The predicted octanol–water partition coefficient (Wildman–Crippen LogP) is 10.7. The first-order chi connectivity index (χ1) is 18.9. The van der Waals surface area contributed by atoms with Gasteiger partial charge in [0.25, 0.3) is 0 Å². The van der Waals surface area contributed by atoms with Gasteiger partial charge in [-0.3, -0.25) is 0 Å². The van der Waals surface area contributed by atoms with E-state index in [2.05, 4.69) is 158 Å². The van der Waals surface area contributed by atoms with Crippen molar-refractivity contribution in [2.45, 2.75) is 0 Å². The van der Waals surface area contributed by atoms with Gasteiger partial charge in [-0.25, -0.2) is 0 Å². The van der Waals surface area contributed by atoms with Gasteiger partial charge < -0.3 is 0 Å². The molecule has 0 radical (unpaired) electrons. The van der Waals surface area contributed by atoms with Crippen LogP contribution in [0, 0.1) is 0 Å². The standard InChI is InChI=1S/C14H10.2C12H10/c1-2-6-12-10-14-8-4-3-7-13(14)9-11(12)5-1;2*1-3-7-11(8-4-1)12-9-5-2-6-10-12/h1-10H;2*1-10H. The highest BCUT2D eigenvalue weighted by atomic mass is 14.0. The molecular formula is C38H30. The topological polar surface area (TPSA) is 0 Å². The molecule has 0 N–H and O–H groups in total. The first-order valence-corrected chi connectivity index (χ1v) is 13.0. The van der Waals surface area contributed by atoms with Crippen LogP contribution in [0.2, 0.25) is 0 Å². The van der Waals surface area contributed by atoms with E-state index in [4.69, 9.17) is 0 Å². The van der Waals surface area contributed by atoms with E-state index in [9.17, 15) is 0 Å². The molecule has 0 heterocycles. The van der Waals surface area contributed by atoms with Crippen molar-refractivity contribution < 1.29 is 0 Å². The largest absolute Gasteiger partial charge is 0.0622 e. The van der Waals surface area contributed by atoms with E-state index in [-0.39, 0.29) is 0 Å². The van der Waals surface area contributed by atoms with Crippen molar-refractivity contribution in [3.05, 3.63) is 182 Å². The van der Waals surface area contributed by atoms with Crippen molar-refractivity contribution in [1.29, 1.82) is 0 Å². The molecule has 0 aliphatic rings. The molecule has 7 rings (SSSR count). The summed E-state index contributed by atoms with van der Waals surface area (Å²) in [6.45, 7) is 0. The number of benzene rings is 7. The first-order valence-electron chi connectivity index (χ1n) is 13.0. The summed E-state index contributed by atoms with van der Waals surface area (Å²) in [4.78, 5) is 0. The Bertz CT molecular complexity index is 1420. The monoisotopic (exact) mass is 486 g/mol. The van der Waals surface area contributed by atoms with Gasteiger partial charge in [0, 0.05) is 0 Å². The van der Waals surface area contributed by atoms with Crippen LogP contribution in [-0.4, -0.2) is 0 Å². The van der Waals surface area contributed by atoms with Crippen LogP contribution in [0.3, 0.4) is 0 Å². The minimum absolute atomic E-state index is 1.28. The molecule has 0 atom stereocenters.